The molecule has 0 spiro atoms. The molecule has 0 aromatic carbocycles. The number of likely N-dealkylation sites (N-methyl/N-ethyl adjacent to an activating group) is 1. The Labute approximate surface area is 106 Å². The number of nitrogens with zero attached hydrogens (tertiary/aromatic N) is 3. The number of nitrogens with one attached hydrogen (secondary N) is 1. The summed E-state index contributed by atoms with van der Waals surface area (Å²) >= 11 is 0. The molecule has 0 unspecified atom stereocenters. The second-order valence-corrected chi connectivity index (χ2v) is 4.46. The van der Waals surface area contributed by atoms with Gasteiger partial charge >= 0.3 is 0 Å². The average Bonchev–Trinajstić information content (AvgIpc) is 2.56. The fourth-order valence-corrected chi connectivity index (χ4v) is 1.55. The van der Waals surface area contributed by atoms with E-state index in [4.69, 9.17) is 5.73 Å². The molecule has 2 amide bonds. The molecule has 0 radical (unpaired) electrons. The van der Waals surface area contributed by atoms with Gasteiger partial charge in [-0.05, 0) is 13.8 Å². The summed E-state index contributed by atoms with van der Waals surface area (Å²) in [4.78, 5) is 24.9. The summed E-state index contributed by atoms with van der Waals surface area (Å²) in [6.07, 6.45) is 1.41. The molecule has 1 heterocycles. The van der Waals surface area contributed by atoms with Gasteiger partial charge in [-0.15, -0.1) is 0 Å². The summed E-state index contributed by atoms with van der Waals surface area (Å²) < 4.78 is 1.40. The number of amides is 2. The third kappa shape index (κ3) is 3.22. The SMILES string of the molecule is CC(C)NC(=O)CN(C)C(=O)c1c(N)cnn1C. The molecule has 1 aromatic heterocycles. The summed E-state index contributed by atoms with van der Waals surface area (Å²) in [7, 11) is 3.18. The Balaban J connectivity index is 2.71. The summed E-state index contributed by atoms with van der Waals surface area (Å²) in [6.45, 7) is 3.71. The standard InChI is InChI=1S/C11H19N5O2/c1-7(2)14-9(17)6-15(3)11(18)10-8(12)5-13-16(10)4/h5,7H,6,12H2,1-4H3,(H,14,17). The number of aromatic nitrogens is 2. The van der Waals surface area contributed by atoms with E-state index >= 15 is 0 Å². The molecule has 0 fully saturated rings. The minimum atomic E-state index is -0.327. The zero-order valence-electron chi connectivity index (χ0n) is 11.1. The number of anilines is 1. The first kappa shape index (κ1) is 14.0. The van der Waals surface area contributed by atoms with Gasteiger partial charge in [0.15, 0.2) is 0 Å². The van der Waals surface area contributed by atoms with Crippen LogP contribution < -0.4 is 11.1 Å². The molecule has 0 aliphatic carbocycles. The Kier molecular flexibility index (Phi) is 4.30. The topological polar surface area (TPSA) is 93.2 Å². The van der Waals surface area contributed by atoms with Crippen LogP contribution in [0.3, 0.4) is 0 Å². The Morgan fingerprint density at radius 3 is 2.61 bits per heavy atom. The Bertz CT molecular complexity index is 433. The van der Waals surface area contributed by atoms with Crippen LogP contribution >= 0.6 is 0 Å². The number of carbonyl (C=O) groups excluding carboxylic acids is 2. The smallest absolute Gasteiger partial charge is 0.274 e. The van der Waals surface area contributed by atoms with Gasteiger partial charge in [0, 0.05) is 20.1 Å². The van der Waals surface area contributed by atoms with E-state index in [1.807, 2.05) is 13.8 Å². The van der Waals surface area contributed by atoms with Gasteiger partial charge in [-0.25, -0.2) is 0 Å². The molecule has 18 heavy (non-hydrogen) atoms. The number of carbonyl (C=O) groups is 2. The van der Waals surface area contributed by atoms with Gasteiger partial charge < -0.3 is 16.0 Å². The van der Waals surface area contributed by atoms with Crippen molar-refractivity contribution in [2.75, 3.05) is 19.3 Å². The van der Waals surface area contributed by atoms with Gasteiger partial charge in [-0.1, -0.05) is 0 Å². The highest BCUT2D eigenvalue weighted by Gasteiger charge is 2.20. The van der Waals surface area contributed by atoms with E-state index in [2.05, 4.69) is 10.4 Å². The van der Waals surface area contributed by atoms with Crippen molar-refractivity contribution in [3.05, 3.63) is 11.9 Å². The molecule has 0 saturated heterocycles. The number of nitrogen functional groups attached to an aromatic ring is 1. The highest BCUT2D eigenvalue weighted by atomic mass is 16.2. The van der Waals surface area contributed by atoms with E-state index in [1.54, 1.807) is 14.1 Å². The molecule has 7 heteroatoms. The number of hydrogen-bond acceptors (Lipinski definition) is 4. The van der Waals surface area contributed by atoms with E-state index in [0.29, 0.717) is 5.69 Å². The van der Waals surface area contributed by atoms with Gasteiger partial charge in [0.1, 0.15) is 5.69 Å². The highest BCUT2D eigenvalue weighted by Crippen LogP contribution is 2.11. The maximum absolute atomic E-state index is 12.1. The molecule has 3 N–H and O–H groups in total. The fraction of sp³-hybridized carbons (Fsp3) is 0.545. The summed E-state index contributed by atoms with van der Waals surface area (Å²) in [6, 6.07) is 0.0442. The van der Waals surface area contributed by atoms with Crippen LogP contribution in [0.15, 0.2) is 6.20 Å². The van der Waals surface area contributed by atoms with Gasteiger partial charge in [-0.3, -0.25) is 14.3 Å². The molecule has 1 rings (SSSR count). The molecule has 0 aliphatic rings. The summed E-state index contributed by atoms with van der Waals surface area (Å²) in [5.74, 6) is -0.534. The van der Waals surface area contributed by atoms with E-state index in [9.17, 15) is 9.59 Å². The molecule has 7 nitrogen and oxygen atoms in total. The lowest BCUT2D eigenvalue weighted by Gasteiger charge is -2.18. The largest absolute Gasteiger partial charge is 0.396 e. The van der Waals surface area contributed by atoms with Crippen LogP contribution in [-0.2, 0) is 11.8 Å². The lowest BCUT2D eigenvalue weighted by Crippen LogP contribution is -2.41. The number of rotatable bonds is 4. The first-order valence-corrected chi connectivity index (χ1v) is 5.65. The van der Waals surface area contributed by atoms with Crippen molar-refractivity contribution in [2.45, 2.75) is 19.9 Å². The van der Waals surface area contributed by atoms with Crippen LogP contribution in [0.25, 0.3) is 0 Å². The van der Waals surface area contributed by atoms with E-state index in [1.165, 1.54) is 15.8 Å². The van der Waals surface area contributed by atoms with Crippen molar-refractivity contribution >= 4 is 17.5 Å². The quantitative estimate of drug-likeness (QED) is 0.763. The van der Waals surface area contributed by atoms with Gasteiger partial charge in [0.2, 0.25) is 5.91 Å². The van der Waals surface area contributed by atoms with Gasteiger partial charge in [0.25, 0.3) is 5.91 Å². The van der Waals surface area contributed by atoms with Crippen LogP contribution in [0.4, 0.5) is 5.69 Å². The molecular formula is C11H19N5O2. The zero-order chi connectivity index (χ0) is 13.9. The third-order valence-corrected chi connectivity index (χ3v) is 2.35. The number of nitrogens with two attached hydrogens (primary N) is 1. The Hall–Kier alpha value is -2.05. The van der Waals surface area contributed by atoms with Crippen molar-refractivity contribution in [1.82, 2.24) is 20.0 Å². The molecule has 0 bridgehead atoms. The Morgan fingerprint density at radius 1 is 1.56 bits per heavy atom. The maximum Gasteiger partial charge on any atom is 0.274 e. The molecule has 0 saturated carbocycles. The van der Waals surface area contributed by atoms with Gasteiger partial charge in [0.05, 0.1) is 18.4 Å². The van der Waals surface area contributed by atoms with Crippen LogP contribution in [0, 0.1) is 0 Å². The van der Waals surface area contributed by atoms with Crippen LogP contribution in [-0.4, -0.2) is 46.1 Å². The minimum absolute atomic E-state index is 0.0123. The lowest BCUT2D eigenvalue weighted by molar-refractivity contribution is -0.122. The second-order valence-electron chi connectivity index (χ2n) is 4.46. The summed E-state index contributed by atoms with van der Waals surface area (Å²) in [5, 5.41) is 6.61. The molecular weight excluding hydrogens is 234 g/mol. The lowest BCUT2D eigenvalue weighted by atomic mass is 10.3. The van der Waals surface area contributed by atoms with Crippen molar-refractivity contribution in [2.24, 2.45) is 7.05 Å². The van der Waals surface area contributed by atoms with Crippen LogP contribution in [0.5, 0.6) is 0 Å². The molecule has 0 atom stereocenters. The van der Waals surface area contributed by atoms with Crippen LogP contribution in [0.2, 0.25) is 0 Å². The predicted octanol–water partition coefficient (Wildman–Crippen LogP) is -0.401. The number of hydrogen-bond donors (Lipinski definition) is 2. The predicted molar refractivity (Wildman–Crippen MR) is 67.9 cm³/mol. The first-order chi connectivity index (χ1) is 8.32. The van der Waals surface area contributed by atoms with E-state index in [0.717, 1.165) is 0 Å². The van der Waals surface area contributed by atoms with Crippen molar-refractivity contribution in [1.29, 1.82) is 0 Å². The van der Waals surface area contributed by atoms with Gasteiger partial charge in [-0.2, -0.15) is 5.10 Å². The van der Waals surface area contributed by atoms with E-state index in [-0.39, 0.29) is 30.1 Å². The maximum atomic E-state index is 12.1. The van der Waals surface area contributed by atoms with E-state index < -0.39 is 0 Å². The normalized spacial score (nSPS) is 10.5. The second kappa shape index (κ2) is 5.52. The molecule has 1 aromatic rings. The van der Waals surface area contributed by atoms with Crippen molar-refractivity contribution < 1.29 is 9.59 Å². The third-order valence-electron chi connectivity index (χ3n) is 2.35. The number of aryl methyl sites for hydroxylation is 1. The Morgan fingerprint density at radius 2 is 2.17 bits per heavy atom. The molecule has 100 valence electrons. The monoisotopic (exact) mass is 253 g/mol. The fourth-order valence-electron chi connectivity index (χ4n) is 1.55. The molecule has 0 aliphatic heterocycles. The first-order valence-electron chi connectivity index (χ1n) is 5.65. The summed E-state index contributed by atoms with van der Waals surface area (Å²) in [5.41, 5.74) is 6.25. The van der Waals surface area contributed by atoms with Crippen molar-refractivity contribution in [3.8, 4) is 0 Å². The van der Waals surface area contributed by atoms with Crippen molar-refractivity contribution in [3.63, 3.8) is 0 Å². The average molecular weight is 253 g/mol. The minimum Gasteiger partial charge on any atom is -0.396 e. The zero-order valence-corrected chi connectivity index (χ0v) is 11.1. The highest BCUT2D eigenvalue weighted by molar-refractivity contribution is 5.98. The van der Waals surface area contributed by atoms with Crippen LogP contribution in [0.1, 0.15) is 24.3 Å².